The highest BCUT2D eigenvalue weighted by Crippen LogP contribution is 2.30. The topological polar surface area (TPSA) is 42.1 Å². The summed E-state index contributed by atoms with van der Waals surface area (Å²) >= 11 is 1.74. The van der Waals surface area contributed by atoms with Crippen LogP contribution in [0.1, 0.15) is 31.9 Å². The maximum absolute atomic E-state index is 5.84. The van der Waals surface area contributed by atoms with E-state index in [0.29, 0.717) is 12.1 Å². The van der Waals surface area contributed by atoms with Crippen molar-refractivity contribution in [1.82, 2.24) is 4.98 Å². The highest BCUT2D eigenvalue weighted by Gasteiger charge is 2.28. The second kappa shape index (κ2) is 4.49. The summed E-state index contributed by atoms with van der Waals surface area (Å²) in [4.78, 5) is 6.99. The van der Waals surface area contributed by atoms with Gasteiger partial charge >= 0.3 is 0 Å². The van der Waals surface area contributed by atoms with Gasteiger partial charge in [-0.2, -0.15) is 0 Å². The Balaban J connectivity index is 2.22. The highest BCUT2D eigenvalue weighted by atomic mass is 32.1. The van der Waals surface area contributed by atoms with Crippen molar-refractivity contribution in [3.05, 3.63) is 11.1 Å². The molecule has 0 aliphatic carbocycles. The van der Waals surface area contributed by atoms with E-state index in [9.17, 15) is 0 Å². The van der Waals surface area contributed by atoms with Gasteiger partial charge in [-0.3, -0.25) is 0 Å². The van der Waals surface area contributed by atoms with Crippen LogP contribution in [0.4, 0.5) is 5.13 Å². The van der Waals surface area contributed by atoms with E-state index >= 15 is 0 Å². The Kier molecular flexibility index (Phi) is 3.26. The van der Waals surface area contributed by atoms with Crippen molar-refractivity contribution in [3.8, 4) is 0 Å². The number of thiazole rings is 1. The van der Waals surface area contributed by atoms with Crippen molar-refractivity contribution < 1.29 is 0 Å². The van der Waals surface area contributed by atoms with Gasteiger partial charge in [-0.1, -0.05) is 0 Å². The largest absolute Gasteiger partial charge is 0.341 e. The minimum atomic E-state index is 0.485. The first kappa shape index (κ1) is 10.9. The minimum Gasteiger partial charge on any atom is -0.341 e. The number of hydrogen-bond donors (Lipinski definition) is 1. The Morgan fingerprint density at radius 1 is 1.60 bits per heavy atom. The van der Waals surface area contributed by atoms with E-state index in [0.717, 1.165) is 17.4 Å². The van der Waals surface area contributed by atoms with Gasteiger partial charge < -0.3 is 10.6 Å². The van der Waals surface area contributed by atoms with Crippen molar-refractivity contribution >= 4 is 16.5 Å². The molecule has 0 saturated carbocycles. The van der Waals surface area contributed by atoms with Crippen molar-refractivity contribution in [3.63, 3.8) is 0 Å². The first-order valence-electron chi connectivity index (χ1n) is 5.63. The second-order valence-corrected chi connectivity index (χ2v) is 5.18. The maximum atomic E-state index is 5.84. The van der Waals surface area contributed by atoms with Gasteiger partial charge in [0.15, 0.2) is 5.13 Å². The molecule has 1 aromatic rings. The number of aryl methyl sites for hydroxylation is 1. The maximum Gasteiger partial charge on any atom is 0.186 e. The number of rotatable bonds is 2. The third-order valence-corrected chi connectivity index (χ3v) is 4.10. The van der Waals surface area contributed by atoms with Crippen molar-refractivity contribution in [2.45, 2.75) is 45.2 Å². The molecule has 84 valence electrons. The molecule has 1 saturated heterocycles. The molecular formula is C11H19N3S. The molecule has 2 heterocycles. The molecule has 0 amide bonds. The van der Waals surface area contributed by atoms with Crippen LogP contribution in [0.25, 0.3) is 0 Å². The monoisotopic (exact) mass is 225 g/mol. The molecule has 1 aromatic heterocycles. The molecule has 1 aliphatic rings. The molecule has 15 heavy (non-hydrogen) atoms. The van der Waals surface area contributed by atoms with Crippen molar-refractivity contribution in [2.75, 3.05) is 11.4 Å². The molecule has 0 spiro atoms. The number of nitrogens with two attached hydrogens (primary N) is 1. The molecule has 2 N–H and O–H groups in total. The Morgan fingerprint density at radius 2 is 2.40 bits per heavy atom. The third-order valence-electron chi connectivity index (χ3n) is 3.13. The number of hydrogen-bond acceptors (Lipinski definition) is 4. The van der Waals surface area contributed by atoms with Crippen LogP contribution >= 0.6 is 11.3 Å². The summed E-state index contributed by atoms with van der Waals surface area (Å²) in [5, 5.41) is 3.26. The van der Waals surface area contributed by atoms with E-state index in [1.165, 1.54) is 19.3 Å². The number of aromatic nitrogens is 1. The standard InChI is InChI=1S/C11H19N3S/c1-8-7-15-11(13-8)14-9(2)4-3-5-10(14)6-12/h7,9-10H,3-6,12H2,1-2H3. The quantitative estimate of drug-likeness (QED) is 0.838. The Hall–Kier alpha value is -0.610. The summed E-state index contributed by atoms with van der Waals surface area (Å²) in [6.07, 6.45) is 3.76. The summed E-state index contributed by atoms with van der Waals surface area (Å²) in [5.74, 6) is 0. The molecule has 0 bridgehead atoms. The van der Waals surface area contributed by atoms with Gasteiger partial charge in [0.25, 0.3) is 0 Å². The minimum absolute atomic E-state index is 0.485. The first-order valence-corrected chi connectivity index (χ1v) is 6.51. The summed E-state index contributed by atoms with van der Waals surface area (Å²) < 4.78 is 0. The predicted molar refractivity (Wildman–Crippen MR) is 65.5 cm³/mol. The molecule has 2 rings (SSSR count). The van der Waals surface area contributed by atoms with Gasteiger partial charge in [-0.25, -0.2) is 4.98 Å². The lowest BCUT2D eigenvalue weighted by molar-refractivity contribution is 0.400. The van der Waals surface area contributed by atoms with Gasteiger partial charge in [0.1, 0.15) is 0 Å². The van der Waals surface area contributed by atoms with Crippen molar-refractivity contribution in [1.29, 1.82) is 0 Å². The van der Waals surface area contributed by atoms with E-state index < -0.39 is 0 Å². The molecule has 0 aromatic carbocycles. The molecule has 3 nitrogen and oxygen atoms in total. The van der Waals surface area contributed by atoms with Gasteiger partial charge in [0.05, 0.1) is 5.69 Å². The SMILES string of the molecule is Cc1csc(N2C(C)CCCC2CN)n1. The Labute approximate surface area is 95.3 Å². The first-order chi connectivity index (χ1) is 7.22. The van der Waals surface area contributed by atoms with Crippen molar-refractivity contribution in [2.24, 2.45) is 5.73 Å². The molecule has 2 unspecified atom stereocenters. The summed E-state index contributed by atoms with van der Waals surface area (Å²) in [6.45, 7) is 5.06. The summed E-state index contributed by atoms with van der Waals surface area (Å²) in [6, 6.07) is 1.07. The van der Waals surface area contributed by atoms with E-state index in [2.05, 4.69) is 22.2 Å². The Bertz CT molecular complexity index is 323. The van der Waals surface area contributed by atoms with Crippen LogP contribution in [0.3, 0.4) is 0 Å². The average Bonchev–Trinajstić information content (AvgIpc) is 2.64. The van der Waals surface area contributed by atoms with E-state index in [-0.39, 0.29) is 0 Å². The fourth-order valence-electron chi connectivity index (χ4n) is 2.32. The number of nitrogens with zero attached hydrogens (tertiary/aromatic N) is 2. The lowest BCUT2D eigenvalue weighted by Gasteiger charge is -2.40. The van der Waals surface area contributed by atoms with Gasteiger partial charge in [0, 0.05) is 24.0 Å². The van der Waals surface area contributed by atoms with Crippen LogP contribution in [0.15, 0.2) is 5.38 Å². The smallest absolute Gasteiger partial charge is 0.186 e. The molecule has 0 radical (unpaired) electrons. The van der Waals surface area contributed by atoms with Gasteiger partial charge in [0.2, 0.25) is 0 Å². The zero-order valence-corrected chi connectivity index (χ0v) is 10.3. The van der Waals surface area contributed by atoms with Crippen LogP contribution in [0, 0.1) is 6.92 Å². The van der Waals surface area contributed by atoms with Gasteiger partial charge in [-0.15, -0.1) is 11.3 Å². The van der Waals surface area contributed by atoms with Crippen LogP contribution in [0.2, 0.25) is 0 Å². The van der Waals surface area contributed by atoms with E-state index in [1.54, 1.807) is 11.3 Å². The van der Waals surface area contributed by atoms with Crippen LogP contribution in [-0.2, 0) is 0 Å². The van der Waals surface area contributed by atoms with Crippen LogP contribution < -0.4 is 10.6 Å². The lowest BCUT2D eigenvalue weighted by atomic mass is 9.97. The van der Waals surface area contributed by atoms with Crippen LogP contribution in [0.5, 0.6) is 0 Å². The molecule has 4 heteroatoms. The van der Waals surface area contributed by atoms with E-state index in [4.69, 9.17) is 5.73 Å². The normalized spacial score (nSPS) is 27.0. The fraction of sp³-hybridized carbons (Fsp3) is 0.727. The zero-order valence-electron chi connectivity index (χ0n) is 9.44. The summed E-state index contributed by atoms with van der Waals surface area (Å²) in [7, 11) is 0. The average molecular weight is 225 g/mol. The molecule has 2 atom stereocenters. The van der Waals surface area contributed by atoms with E-state index in [1.807, 2.05) is 6.92 Å². The highest BCUT2D eigenvalue weighted by molar-refractivity contribution is 7.13. The fourth-order valence-corrected chi connectivity index (χ4v) is 3.30. The molecular weight excluding hydrogens is 206 g/mol. The van der Waals surface area contributed by atoms with Gasteiger partial charge in [-0.05, 0) is 33.1 Å². The lowest BCUT2D eigenvalue weighted by Crippen LogP contribution is -2.49. The molecule has 1 fully saturated rings. The number of piperidine rings is 1. The Morgan fingerprint density at radius 3 is 3.00 bits per heavy atom. The zero-order chi connectivity index (χ0) is 10.8. The summed E-state index contributed by atoms with van der Waals surface area (Å²) in [5.41, 5.74) is 6.95. The third kappa shape index (κ3) is 2.16. The van der Waals surface area contributed by atoms with Crippen LogP contribution in [-0.4, -0.2) is 23.6 Å². The molecule has 1 aliphatic heterocycles. The predicted octanol–water partition coefficient (Wildman–Crippen LogP) is 2.16. The number of anilines is 1. The second-order valence-electron chi connectivity index (χ2n) is 4.35.